The first-order valence-corrected chi connectivity index (χ1v) is 8.04. The lowest BCUT2D eigenvalue weighted by Gasteiger charge is -2.17. The van der Waals surface area contributed by atoms with E-state index in [1.165, 1.54) is 0 Å². The number of nitrogens with one attached hydrogen (secondary N) is 1. The summed E-state index contributed by atoms with van der Waals surface area (Å²) in [5.41, 5.74) is 1.82. The van der Waals surface area contributed by atoms with E-state index < -0.39 is 6.10 Å². The van der Waals surface area contributed by atoms with E-state index in [9.17, 15) is 5.11 Å². The van der Waals surface area contributed by atoms with Crippen molar-refractivity contribution in [2.45, 2.75) is 12.6 Å². The number of aliphatic hydroxyl groups is 1. The zero-order valence-electron chi connectivity index (χ0n) is 13.0. The fourth-order valence-electron chi connectivity index (χ4n) is 2.22. The monoisotopic (exact) mass is 333 g/mol. The molecule has 1 aromatic carbocycles. The maximum Gasteiger partial charge on any atom is 0.188 e. The Morgan fingerprint density at radius 1 is 1.43 bits per heavy atom. The number of rotatable bonds is 7. The quantitative estimate of drug-likeness (QED) is 0.645. The van der Waals surface area contributed by atoms with Crippen molar-refractivity contribution in [1.82, 2.24) is 19.8 Å². The first-order valence-electron chi connectivity index (χ1n) is 7.22. The number of anilines is 2. The minimum atomic E-state index is -0.560. The number of aliphatic hydroxyl groups excluding tert-OH is 1. The molecule has 3 aromatic rings. The highest BCUT2D eigenvalue weighted by atomic mass is 32.1. The summed E-state index contributed by atoms with van der Waals surface area (Å²) in [6, 6.07) is 8.01. The van der Waals surface area contributed by atoms with Gasteiger partial charge in [0.15, 0.2) is 5.13 Å². The second-order valence-corrected chi connectivity index (χ2v) is 6.24. The molecular weight excluding hydrogens is 314 g/mol. The van der Waals surface area contributed by atoms with Gasteiger partial charge < -0.3 is 15.3 Å². The SMILES string of the molecule is CON(C)CC(O)Cn1cc(Nc2nc3ccccc3s2)cn1. The van der Waals surface area contributed by atoms with Crippen molar-refractivity contribution in [3.05, 3.63) is 36.7 Å². The van der Waals surface area contributed by atoms with Crippen LogP contribution in [-0.2, 0) is 11.4 Å². The highest BCUT2D eigenvalue weighted by Gasteiger charge is 2.10. The van der Waals surface area contributed by atoms with Crippen LogP contribution in [-0.4, -0.2) is 51.7 Å². The lowest BCUT2D eigenvalue weighted by atomic mass is 10.3. The van der Waals surface area contributed by atoms with Crippen molar-refractivity contribution in [3.63, 3.8) is 0 Å². The fraction of sp³-hybridized carbons (Fsp3) is 0.333. The number of thiazole rings is 1. The molecule has 0 aliphatic carbocycles. The van der Waals surface area contributed by atoms with Crippen LogP contribution >= 0.6 is 11.3 Å². The molecule has 0 aliphatic heterocycles. The second-order valence-electron chi connectivity index (χ2n) is 5.21. The predicted molar refractivity (Wildman–Crippen MR) is 90.8 cm³/mol. The Balaban J connectivity index is 1.62. The van der Waals surface area contributed by atoms with Crippen LogP contribution in [0.2, 0.25) is 0 Å². The van der Waals surface area contributed by atoms with E-state index in [2.05, 4.69) is 15.4 Å². The Bertz CT molecular complexity index is 739. The number of hydroxylamine groups is 2. The third-order valence-corrected chi connectivity index (χ3v) is 4.31. The summed E-state index contributed by atoms with van der Waals surface area (Å²) in [7, 11) is 3.34. The topological polar surface area (TPSA) is 75.4 Å². The van der Waals surface area contributed by atoms with Crippen molar-refractivity contribution >= 4 is 32.4 Å². The molecule has 1 unspecified atom stereocenters. The van der Waals surface area contributed by atoms with Crippen LogP contribution in [0.4, 0.5) is 10.8 Å². The average Bonchev–Trinajstić information content (AvgIpc) is 3.13. The molecule has 0 saturated carbocycles. The van der Waals surface area contributed by atoms with Crippen LogP contribution in [0.25, 0.3) is 10.2 Å². The molecule has 7 nitrogen and oxygen atoms in total. The number of fused-ring (bicyclic) bond motifs is 1. The summed E-state index contributed by atoms with van der Waals surface area (Å²) in [6.07, 6.45) is 3.01. The van der Waals surface area contributed by atoms with Crippen LogP contribution in [0.3, 0.4) is 0 Å². The second kappa shape index (κ2) is 7.05. The molecule has 0 saturated heterocycles. The number of aromatic nitrogens is 3. The van der Waals surface area contributed by atoms with Crippen LogP contribution in [0.15, 0.2) is 36.7 Å². The Morgan fingerprint density at radius 3 is 3.04 bits per heavy atom. The van der Waals surface area contributed by atoms with Gasteiger partial charge >= 0.3 is 0 Å². The fourth-order valence-corrected chi connectivity index (χ4v) is 3.11. The molecule has 8 heteroatoms. The number of hydrogen-bond acceptors (Lipinski definition) is 7. The number of likely N-dealkylation sites (N-methyl/N-ethyl adjacent to an activating group) is 1. The minimum absolute atomic E-state index is 0.398. The van der Waals surface area contributed by atoms with Crippen molar-refractivity contribution in [3.8, 4) is 0 Å². The average molecular weight is 333 g/mol. The summed E-state index contributed by atoms with van der Waals surface area (Å²) < 4.78 is 2.84. The number of hydrogen-bond donors (Lipinski definition) is 2. The van der Waals surface area contributed by atoms with Crippen molar-refractivity contribution in [1.29, 1.82) is 0 Å². The van der Waals surface area contributed by atoms with Gasteiger partial charge in [0.25, 0.3) is 0 Å². The van der Waals surface area contributed by atoms with Crippen LogP contribution < -0.4 is 5.32 Å². The van der Waals surface area contributed by atoms with E-state index in [4.69, 9.17) is 4.84 Å². The zero-order chi connectivity index (χ0) is 16.2. The van der Waals surface area contributed by atoms with Crippen LogP contribution in [0.1, 0.15) is 0 Å². The Hall–Kier alpha value is -2.00. The molecule has 3 rings (SSSR count). The van der Waals surface area contributed by atoms with Gasteiger partial charge in [0.2, 0.25) is 0 Å². The number of nitrogens with zero attached hydrogens (tertiary/aromatic N) is 4. The maximum atomic E-state index is 9.99. The number of para-hydroxylation sites is 1. The third kappa shape index (κ3) is 4.05. The number of benzene rings is 1. The molecule has 1 atom stereocenters. The van der Waals surface area contributed by atoms with Crippen molar-refractivity contribution in [2.75, 3.05) is 26.0 Å². The molecule has 0 aliphatic rings. The Morgan fingerprint density at radius 2 is 2.26 bits per heavy atom. The van der Waals surface area contributed by atoms with Gasteiger partial charge in [-0.25, -0.2) is 4.98 Å². The molecule has 122 valence electrons. The molecule has 0 radical (unpaired) electrons. The molecule has 2 aromatic heterocycles. The van der Waals surface area contributed by atoms with E-state index in [-0.39, 0.29) is 0 Å². The van der Waals surface area contributed by atoms with Crippen molar-refractivity contribution in [2.24, 2.45) is 0 Å². The zero-order valence-corrected chi connectivity index (χ0v) is 13.8. The minimum Gasteiger partial charge on any atom is -0.390 e. The Kier molecular flexibility index (Phi) is 4.87. The van der Waals surface area contributed by atoms with E-state index in [0.29, 0.717) is 13.1 Å². The van der Waals surface area contributed by atoms with Gasteiger partial charge in [0, 0.05) is 13.2 Å². The molecule has 0 fully saturated rings. The normalized spacial score (nSPS) is 12.9. The molecule has 0 amide bonds. The van der Waals surface area contributed by atoms with Gasteiger partial charge in [-0.1, -0.05) is 23.5 Å². The molecule has 2 N–H and O–H groups in total. The largest absolute Gasteiger partial charge is 0.390 e. The lowest BCUT2D eigenvalue weighted by Crippen LogP contribution is -2.31. The van der Waals surface area contributed by atoms with Gasteiger partial charge in [0.1, 0.15) is 0 Å². The van der Waals surface area contributed by atoms with Gasteiger partial charge in [0.05, 0.1) is 48.4 Å². The van der Waals surface area contributed by atoms with Gasteiger partial charge in [-0.3, -0.25) is 4.68 Å². The van der Waals surface area contributed by atoms with Crippen LogP contribution in [0, 0.1) is 0 Å². The first kappa shape index (κ1) is 15.9. The van der Waals surface area contributed by atoms with E-state index in [1.807, 2.05) is 30.5 Å². The summed E-state index contributed by atoms with van der Waals surface area (Å²) in [5.74, 6) is 0. The maximum absolute atomic E-state index is 9.99. The molecule has 0 spiro atoms. The molecule has 2 heterocycles. The van der Waals surface area contributed by atoms with Crippen LogP contribution in [0.5, 0.6) is 0 Å². The molecule has 23 heavy (non-hydrogen) atoms. The predicted octanol–water partition coefficient (Wildman–Crippen LogP) is 2.09. The van der Waals surface area contributed by atoms with Gasteiger partial charge in [-0.05, 0) is 12.1 Å². The van der Waals surface area contributed by atoms with E-state index >= 15 is 0 Å². The van der Waals surface area contributed by atoms with Crippen molar-refractivity contribution < 1.29 is 9.94 Å². The Labute approximate surface area is 138 Å². The van der Waals surface area contributed by atoms with Gasteiger partial charge in [-0.2, -0.15) is 10.2 Å². The molecular formula is C15H19N5O2S. The molecule has 0 bridgehead atoms. The standard InChI is InChI=1S/C15H19N5O2S/c1-19(22-2)9-12(21)10-20-8-11(7-16-20)17-15-18-13-5-3-4-6-14(13)23-15/h3-8,12,21H,9-10H2,1-2H3,(H,17,18). The lowest BCUT2D eigenvalue weighted by molar-refractivity contribution is -0.129. The summed E-state index contributed by atoms with van der Waals surface area (Å²) in [5, 5.41) is 19.9. The van der Waals surface area contributed by atoms with E-state index in [0.717, 1.165) is 21.0 Å². The first-order chi connectivity index (χ1) is 11.1. The highest BCUT2D eigenvalue weighted by Crippen LogP contribution is 2.27. The summed E-state index contributed by atoms with van der Waals surface area (Å²) in [6.45, 7) is 0.812. The summed E-state index contributed by atoms with van der Waals surface area (Å²) >= 11 is 1.59. The summed E-state index contributed by atoms with van der Waals surface area (Å²) in [4.78, 5) is 9.52. The third-order valence-electron chi connectivity index (χ3n) is 3.36. The highest BCUT2D eigenvalue weighted by molar-refractivity contribution is 7.22. The van der Waals surface area contributed by atoms with Gasteiger partial charge in [-0.15, -0.1) is 0 Å². The van der Waals surface area contributed by atoms with E-state index in [1.54, 1.807) is 41.4 Å². The smallest absolute Gasteiger partial charge is 0.188 e.